The maximum absolute atomic E-state index is 5.25. The van der Waals surface area contributed by atoms with Crippen LogP contribution in [0.15, 0.2) is 36.5 Å². The molecule has 0 spiro atoms. The Bertz CT molecular complexity index is 899. The molecule has 1 atom stereocenters. The van der Waals surface area contributed by atoms with Crippen LogP contribution in [-0.2, 0) is 4.74 Å². The topological polar surface area (TPSA) is 81.2 Å². The van der Waals surface area contributed by atoms with Crippen LogP contribution in [0.1, 0.15) is 12.6 Å². The van der Waals surface area contributed by atoms with Crippen LogP contribution in [0.2, 0.25) is 0 Å². The Morgan fingerprint density at radius 2 is 2.04 bits per heavy atom. The average Bonchev–Trinajstić information content (AvgIpc) is 3.02. The van der Waals surface area contributed by atoms with Crippen molar-refractivity contribution in [1.29, 1.82) is 0 Å². The number of hydrogen-bond donors (Lipinski definition) is 2. The summed E-state index contributed by atoms with van der Waals surface area (Å²) in [6.07, 6.45) is 1.74. The zero-order chi connectivity index (χ0) is 19.2. The monoisotopic (exact) mass is 385 g/mol. The van der Waals surface area contributed by atoms with E-state index in [1.54, 1.807) is 31.8 Å². The Hall–Kier alpha value is -2.71. The third kappa shape index (κ3) is 4.93. The van der Waals surface area contributed by atoms with Crippen LogP contribution in [0.5, 0.6) is 5.75 Å². The number of hydrogen-bond acceptors (Lipinski definition) is 8. The van der Waals surface area contributed by atoms with E-state index in [-0.39, 0.29) is 6.04 Å². The van der Waals surface area contributed by atoms with E-state index in [9.17, 15) is 0 Å². The highest BCUT2D eigenvalue weighted by Crippen LogP contribution is 2.32. The highest BCUT2D eigenvalue weighted by molar-refractivity contribution is 7.19. The van der Waals surface area contributed by atoms with Crippen LogP contribution in [0.4, 0.5) is 16.8 Å². The van der Waals surface area contributed by atoms with Crippen molar-refractivity contribution in [3.63, 3.8) is 0 Å². The van der Waals surface area contributed by atoms with Gasteiger partial charge >= 0.3 is 0 Å². The number of rotatable bonds is 8. The highest BCUT2D eigenvalue weighted by atomic mass is 32.1. The van der Waals surface area contributed by atoms with Crippen molar-refractivity contribution in [2.24, 2.45) is 0 Å². The first kappa shape index (κ1) is 19.1. The molecule has 0 radical (unpaired) electrons. The molecule has 2 aromatic heterocycles. The maximum atomic E-state index is 5.25. The van der Waals surface area contributed by atoms with Crippen molar-refractivity contribution in [3.05, 3.63) is 42.2 Å². The normalized spacial score (nSPS) is 11.9. The lowest BCUT2D eigenvalue weighted by Crippen LogP contribution is -2.20. The van der Waals surface area contributed by atoms with Gasteiger partial charge < -0.3 is 20.1 Å². The van der Waals surface area contributed by atoms with E-state index in [2.05, 4.69) is 32.5 Å². The van der Waals surface area contributed by atoms with E-state index in [4.69, 9.17) is 9.47 Å². The molecule has 2 heterocycles. The Labute approximate surface area is 162 Å². The molecule has 8 heteroatoms. The molecule has 142 valence electrons. The molecule has 0 aliphatic rings. The van der Waals surface area contributed by atoms with E-state index in [0.717, 1.165) is 32.8 Å². The quantitative estimate of drug-likeness (QED) is 0.604. The smallest absolute Gasteiger partial charge is 0.227 e. The van der Waals surface area contributed by atoms with Crippen LogP contribution in [-0.4, -0.2) is 41.8 Å². The van der Waals surface area contributed by atoms with Gasteiger partial charge in [-0.1, -0.05) is 17.4 Å². The number of methoxy groups -OCH3 is 2. The van der Waals surface area contributed by atoms with Gasteiger partial charge in [-0.2, -0.15) is 0 Å². The second-order valence-electron chi connectivity index (χ2n) is 6.06. The Morgan fingerprint density at radius 1 is 1.19 bits per heavy atom. The molecule has 2 N–H and O–H groups in total. The van der Waals surface area contributed by atoms with E-state index >= 15 is 0 Å². The zero-order valence-corrected chi connectivity index (χ0v) is 16.6. The van der Waals surface area contributed by atoms with Crippen molar-refractivity contribution >= 4 is 28.1 Å². The molecule has 1 aromatic carbocycles. The summed E-state index contributed by atoms with van der Waals surface area (Å²) in [6.45, 7) is 4.66. The lowest BCUT2D eigenvalue weighted by molar-refractivity contribution is 0.190. The molecule has 0 saturated carbocycles. The predicted molar refractivity (Wildman–Crippen MR) is 109 cm³/mol. The van der Waals surface area contributed by atoms with Crippen LogP contribution in [0.3, 0.4) is 0 Å². The standard InChI is InChI=1S/C19H23N5O2S/c1-12(11-25-3)21-19-22-13(2)17(27-19)16-8-9-20-18(24-16)23-14-6-5-7-15(10-14)26-4/h5-10,12H,11H2,1-4H3,(H,21,22)(H,20,23,24). The summed E-state index contributed by atoms with van der Waals surface area (Å²) in [4.78, 5) is 14.6. The highest BCUT2D eigenvalue weighted by Gasteiger charge is 2.13. The molecular formula is C19H23N5O2S. The van der Waals surface area contributed by atoms with Crippen LogP contribution >= 0.6 is 11.3 Å². The van der Waals surface area contributed by atoms with E-state index < -0.39 is 0 Å². The molecular weight excluding hydrogens is 362 g/mol. The number of benzene rings is 1. The van der Waals surface area contributed by atoms with Gasteiger partial charge in [-0.25, -0.2) is 15.0 Å². The molecule has 7 nitrogen and oxygen atoms in total. The zero-order valence-electron chi connectivity index (χ0n) is 15.8. The summed E-state index contributed by atoms with van der Waals surface area (Å²) < 4.78 is 10.4. The second-order valence-corrected chi connectivity index (χ2v) is 7.06. The fourth-order valence-corrected chi connectivity index (χ4v) is 3.62. The van der Waals surface area contributed by atoms with Crippen molar-refractivity contribution in [2.75, 3.05) is 31.5 Å². The summed E-state index contributed by atoms with van der Waals surface area (Å²) in [5.41, 5.74) is 2.62. The van der Waals surface area contributed by atoms with E-state index in [1.165, 1.54) is 0 Å². The summed E-state index contributed by atoms with van der Waals surface area (Å²) in [5.74, 6) is 1.30. The van der Waals surface area contributed by atoms with E-state index in [0.29, 0.717) is 12.6 Å². The van der Waals surface area contributed by atoms with Gasteiger partial charge in [0.15, 0.2) is 5.13 Å². The van der Waals surface area contributed by atoms with Crippen LogP contribution < -0.4 is 15.4 Å². The summed E-state index contributed by atoms with van der Waals surface area (Å²) >= 11 is 1.57. The van der Waals surface area contributed by atoms with E-state index in [1.807, 2.05) is 37.3 Å². The molecule has 0 aliphatic carbocycles. The van der Waals surface area contributed by atoms with Crippen molar-refractivity contribution in [2.45, 2.75) is 19.9 Å². The molecule has 0 amide bonds. The number of anilines is 3. The lowest BCUT2D eigenvalue weighted by Gasteiger charge is -2.10. The minimum Gasteiger partial charge on any atom is -0.497 e. The molecule has 0 bridgehead atoms. The fourth-order valence-electron chi connectivity index (χ4n) is 2.57. The summed E-state index contributed by atoms with van der Waals surface area (Å²) in [6, 6.07) is 9.71. The van der Waals surface area contributed by atoms with Gasteiger partial charge in [-0.15, -0.1) is 0 Å². The van der Waals surface area contributed by atoms with Crippen molar-refractivity contribution in [3.8, 4) is 16.3 Å². The number of aryl methyl sites for hydroxylation is 1. The largest absolute Gasteiger partial charge is 0.497 e. The van der Waals surface area contributed by atoms with Crippen molar-refractivity contribution in [1.82, 2.24) is 15.0 Å². The Morgan fingerprint density at radius 3 is 2.81 bits per heavy atom. The fraction of sp³-hybridized carbons (Fsp3) is 0.316. The molecule has 3 rings (SSSR count). The van der Waals surface area contributed by atoms with Crippen LogP contribution in [0, 0.1) is 6.92 Å². The number of ether oxygens (including phenoxy) is 2. The third-order valence-electron chi connectivity index (χ3n) is 3.80. The molecule has 0 fully saturated rings. The first-order valence-corrected chi connectivity index (χ1v) is 9.38. The number of nitrogens with one attached hydrogen (secondary N) is 2. The Balaban J connectivity index is 1.80. The van der Waals surface area contributed by atoms with Gasteiger partial charge in [0, 0.05) is 31.1 Å². The third-order valence-corrected chi connectivity index (χ3v) is 4.91. The maximum Gasteiger partial charge on any atom is 0.227 e. The van der Waals surface area contributed by atoms with Gasteiger partial charge in [-0.05, 0) is 32.0 Å². The SMILES string of the molecule is COCC(C)Nc1nc(C)c(-c2ccnc(Nc3cccc(OC)c3)n2)s1. The van der Waals surface area contributed by atoms with Gasteiger partial charge in [0.05, 0.1) is 30.0 Å². The molecule has 0 aliphatic heterocycles. The number of nitrogens with zero attached hydrogens (tertiary/aromatic N) is 3. The van der Waals surface area contributed by atoms with Crippen molar-refractivity contribution < 1.29 is 9.47 Å². The second kappa shape index (κ2) is 8.79. The summed E-state index contributed by atoms with van der Waals surface area (Å²) in [7, 11) is 3.33. The lowest BCUT2D eigenvalue weighted by atomic mass is 10.3. The first-order valence-electron chi connectivity index (χ1n) is 8.56. The van der Waals surface area contributed by atoms with Crippen LogP contribution in [0.25, 0.3) is 10.6 Å². The molecule has 0 saturated heterocycles. The number of aromatic nitrogens is 3. The van der Waals surface area contributed by atoms with Gasteiger partial charge in [0.1, 0.15) is 5.75 Å². The molecule has 1 unspecified atom stereocenters. The minimum atomic E-state index is 0.184. The minimum absolute atomic E-state index is 0.184. The predicted octanol–water partition coefficient (Wildman–Crippen LogP) is 4.11. The number of thiazole rings is 1. The molecule has 27 heavy (non-hydrogen) atoms. The Kier molecular flexibility index (Phi) is 6.20. The first-order chi connectivity index (χ1) is 13.1. The van der Waals surface area contributed by atoms with Gasteiger partial charge in [-0.3, -0.25) is 0 Å². The average molecular weight is 385 g/mol. The molecule has 3 aromatic rings. The van der Waals surface area contributed by atoms with Gasteiger partial charge in [0.25, 0.3) is 0 Å². The van der Waals surface area contributed by atoms with Gasteiger partial charge in [0.2, 0.25) is 5.95 Å². The summed E-state index contributed by atoms with van der Waals surface area (Å²) in [5, 5.41) is 7.42.